The topological polar surface area (TPSA) is 64.9 Å². The lowest BCUT2D eigenvalue weighted by Gasteiger charge is -2.14. The van der Waals surface area contributed by atoms with Gasteiger partial charge >= 0.3 is 0 Å². The number of imidazole rings is 1. The average molecular weight is 382 g/mol. The molecule has 1 aliphatic heterocycles. The van der Waals surface area contributed by atoms with Crippen LogP contribution in [0.4, 0.5) is 11.6 Å². The maximum atomic E-state index is 5.59. The second-order valence-electron chi connectivity index (χ2n) is 6.65. The van der Waals surface area contributed by atoms with Gasteiger partial charge in [0.15, 0.2) is 0 Å². The molecule has 0 unspecified atom stereocenters. The summed E-state index contributed by atoms with van der Waals surface area (Å²) in [4.78, 5) is 15.0. The van der Waals surface area contributed by atoms with Crippen LogP contribution >= 0.6 is 11.8 Å². The fraction of sp³-hybridized carbons (Fsp3) is 0.350. The molecule has 0 bridgehead atoms. The van der Waals surface area contributed by atoms with Gasteiger partial charge in [0.1, 0.15) is 5.75 Å². The Bertz CT molecular complexity index is 969. The number of fused-ring (bicyclic) bond motifs is 1. The molecule has 0 saturated carbocycles. The third-order valence-corrected chi connectivity index (χ3v) is 5.90. The van der Waals surface area contributed by atoms with Crippen LogP contribution in [0.15, 0.2) is 35.6 Å². The van der Waals surface area contributed by atoms with Crippen LogP contribution < -0.4 is 10.1 Å². The Hall–Kier alpha value is -2.54. The lowest BCUT2D eigenvalue weighted by Crippen LogP contribution is -2.05. The summed E-state index contributed by atoms with van der Waals surface area (Å²) in [6.45, 7) is 4.03. The summed E-state index contributed by atoms with van der Waals surface area (Å²) < 4.78 is 7.54. The normalized spacial score (nSPS) is 13.7. The second-order valence-corrected chi connectivity index (χ2v) is 7.75. The zero-order chi connectivity index (χ0) is 18.8. The molecule has 1 aromatic carbocycles. The highest BCUT2D eigenvalue weighted by molar-refractivity contribution is 7.99. The molecule has 0 amide bonds. The first-order valence-electron chi connectivity index (χ1n) is 9.10. The van der Waals surface area contributed by atoms with Crippen molar-refractivity contribution in [3.05, 3.63) is 47.8 Å². The van der Waals surface area contributed by atoms with Crippen molar-refractivity contribution in [1.82, 2.24) is 19.5 Å². The van der Waals surface area contributed by atoms with Crippen LogP contribution in [-0.4, -0.2) is 32.4 Å². The number of aromatic nitrogens is 4. The maximum absolute atomic E-state index is 5.59. The van der Waals surface area contributed by atoms with Crippen LogP contribution in [-0.2, 0) is 6.42 Å². The molecule has 4 rings (SSSR count). The van der Waals surface area contributed by atoms with E-state index in [0.717, 1.165) is 46.4 Å². The van der Waals surface area contributed by atoms with E-state index in [1.807, 2.05) is 47.6 Å². The zero-order valence-electron chi connectivity index (χ0n) is 15.8. The minimum absolute atomic E-state index is 0.641. The van der Waals surface area contributed by atoms with Crippen molar-refractivity contribution in [2.75, 3.05) is 18.2 Å². The molecule has 2 aromatic heterocycles. The van der Waals surface area contributed by atoms with E-state index in [9.17, 15) is 0 Å². The fourth-order valence-corrected chi connectivity index (χ4v) is 4.38. The second kappa shape index (κ2) is 7.60. The van der Waals surface area contributed by atoms with Gasteiger partial charge in [-0.2, -0.15) is 0 Å². The van der Waals surface area contributed by atoms with E-state index >= 15 is 0 Å². The van der Waals surface area contributed by atoms with E-state index in [-0.39, 0.29) is 0 Å². The third-order valence-electron chi connectivity index (χ3n) is 4.59. The Balaban J connectivity index is 1.63. The molecule has 0 radical (unpaired) electrons. The lowest BCUT2D eigenvalue weighted by atomic mass is 10.2. The Morgan fingerprint density at radius 2 is 2.07 bits per heavy atom. The van der Waals surface area contributed by atoms with Gasteiger partial charge in [-0.25, -0.2) is 15.0 Å². The van der Waals surface area contributed by atoms with Gasteiger partial charge in [-0.3, -0.25) is 0 Å². The van der Waals surface area contributed by atoms with Crippen LogP contribution in [0.5, 0.6) is 5.75 Å². The third kappa shape index (κ3) is 3.78. The number of benzene rings is 1. The van der Waals surface area contributed by atoms with Crippen molar-refractivity contribution in [1.29, 1.82) is 0 Å². The number of aryl methyl sites for hydroxylation is 3. The molecular formula is C20H23N5OS. The number of hydrogen-bond acceptors (Lipinski definition) is 6. The predicted octanol–water partition coefficient (Wildman–Crippen LogP) is 4.46. The first-order chi connectivity index (χ1) is 13.1. The molecule has 0 fully saturated rings. The highest BCUT2D eigenvalue weighted by Gasteiger charge is 2.15. The molecule has 140 valence electrons. The van der Waals surface area contributed by atoms with Crippen molar-refractivity contribution in [3.8, 4) is 11.4 Å². The monoisotopic (exact) mass is 381 g/mol. The van der Waals surface area contributed by atoms with Gasteiger partial charge in [0.25, 0.3) is 0 Å². The molecular weight excluding hydrogens is 358 g/mol. The van der Waals surface area contributed by atoms with Crippen molar-refractivity contribution in [3.63, 3.8) is 0 Å². The lowest BCUT2D eigenvalue weighted by molar-refractivity contribution is 0.413. The molecule has 3 heterocycles. The Morgan fingerprint density at radius 3 is 2.85 bits per heavy atom. The van der Waals surface area contributed by atoms with Crippen LogP contribution in [0.2, 0.25) is 0 Å². The highest BCUT2D eigenvalue weighted by atomic mass is 32.2. The Kier molecular flexibility index (Phi) is 5.03. The molecule has 27 heavy (non-hydrogen) atoms. The van der Waals surface area contributed by atoms with E-state index in [4.69, 9.17) is 9.72 Å². The molecule has 0 spiro atoms. The highest BCUT2D eigenvalue weighted by Crippen LogP contribution is 2.32. The molecule has 3 aromatic rings. The van der Waals surface area contributed by atoms with Crippen LogP contribution in [0.3, 0.4) is 0 Å². The summed E-state index contributed by atoms with van der Waals surface area (Å²) in [5, 5.41) is 3.34. The molecule has 1 N–H and O–H groups in total. The van der Waals surface area contributed by atoms with E-state index in [2.05, 4.69) is 22.2 Å². The Morgan fingerprint density at radius 1 is 1.19 bits per heavy atom. The summed E-state index contributed by atoms with van der Waals surface area (Å²) in [5.41, 5.74) is 5.01. The zero-order valence-corrected chi connectivity index (χ0v) is 16.6. The summed E-state index contributed by atoms with van der Waals surface area (Å²) in [6, 6.07) is 5.98. The van der Waals surface area contributed by atoms with Gasteiger partial charge in [0.2, 0.25) is 5.95 Å². The van der Waals surface area contributed by atoms with Gasteiger partial charge in [-0.15, -0.1) is 11.8 Å². The van der Waals surface area contributed by atoms with E-state index in [1.165, 1.54) is 17.7 Å². The molecule has 1 aliphatic rings. The van der Waals surface area contributed by atoms with Gasteiger partial charge < -0.3 is 14.6 Å². The number of rotatable bonds is 4. The number of thioether (sulfide) groups is 1. The number of hydrogen-bond donors (Lipinski definition) is 1. The molecule has 6 nitrogen and oxygen atoms in total. The number of ether oxygens (including phenoxy) is 1. The summed E-state index contributed by atoms with van der Waals surface area (Å²) in [6.07, 6.45) is 7.19. The molecule has 7 heteroatoms. The maximum Gasteiger partial charge on any atom is 0.227 e. The van der Waals surface area contributed by atoms with Crippen LogP contribution in [0, 0.1) is 13.8 Å². The average Bonchev–Trinajstić information content (AvgIpc) is 2.94. The van der Waals surface area contributed by atoms with Gasteiger partial charge in [0, 0.05) is 18.0 Å². The van der Waals surface area contributed by atoms with Crippen molar-refractivity contribution < 1.29 is 4.74 Å². The van der Waals surface area contributed by atoms with Crippen molar-refractivity contribution in [2.45, 2.75) is 38.0 Å². The van der Waals surface area contributed by atoms with Crippen LogP contribution in [0.25, 0.3) is 5.69 Å². The summed E-state index contributed by atoms with van der Waals surface area (Å²) in [5.74, 6) is 2.55. The number of nitrogens with zero attached hydrogens (tertiary/aromatic N) is 4. The van der Waals surface area contributed by atoms with E-state index in [0.29, 0.717) is 5.95 Å². The van der Waals surface area contributed by atoms with Gasteiger partial charge in [-0.05, 0) is 51.0 Å². The number of anilines is 2. The largest absolute Gasteiger partial charge is 0.494 e. The van der Waals surface area contributed by atoms with Gasteiger partial charge in [-0.1, -0.05) is 0 Å². The quantitative estimate of drug-likeness (QED) is 0.720. The molecule has 0 atom stereocenters. The van der Waals surface area contributed by atoms with Crippen molar-refractivity contribution >= 4 is 23.4 Å². The first-order valence-corrected chi connectivity index (χ1v) is 10.1. The summed E-state index contributed by atoms with van der Waals surface area (Å²) in [7, 11) is 1.67. The van der Waals surface area contributed by atoms with Gasteiger partial charge in [0.05, 0.1) is 41.1 Å². The molecule has 0 saturated heterocycles. The van der Waals surface area contributed by atoms with Crippen LogP contribution in [0.1, 0.15) is 29.9 Å². The Labute approximate surface area is 163 Å². The fourth-order valence-electron chi connectivity index (χ4n) is 3.25. The smallest absolute Gasteiger partial charge is 0.227 e. The standard InChI is InChI=1S/C20H23N5OS/c1-13-11-25(12-21-13)17-8-7-15(10-18(17)26-3)23-20-22-14(2)19-16(24-20)6-4-5-9-27-19/h7-8,10-12H,4-6,9H2,1-3H3,(H,22,23,24). The summed E-state index contributed by atoms with van der Waals surface area (Å²) >= 11 is 1.88. The SMILES string of the molecule is COc1cc(Nc2nc(C)c3c(n2)CCCCS3)ccc1-n1cnc(C)c1. The predicted molar refractivity (Wildman–Crippen MR) is 109 cm³/mol. The number of nitrogens with one attached hydrogen (secondary N) is 1. The minimum atomic E-state index is 0.641. The number of methoxy groups -OCH3 is 1. The molecule has 0 aliphatic carbocycles. The first kappa shape index (κ1) is 17.9. The minimum Gasteiger partial charge on any atom is -0.494 e. The van der Waals surface area contributed by atoms with Crippen molar-refractivity contribution in [2.24, 2.45) is 0 Å². The van der Waals surface area contributed by atoms with E-state index in [1.54, 1.807) is 13.4 Å². The van der Waals surface area contributed by atoms with E-state index < -0.39 is 0 Å².